The van der Waals surface area contributed by atoms with E-state index < -0.39 is 5.97 Å². The highest BCUT2D eigenvalue weighted by atomic mass is 16.4. The molecule has 0 aromatic heterocycles. The molecule has 5 nitrogen and oxygen atoms in total. The number of hydrogen-bond donors (Lipinski definition) is 2. The molecular formula is C10H16N2O3. The third kappa shape index (κ3) is 2.12. The monoisotopic (exact) mass is 212 g/mol. The zero-order chi connectivity index (χ0) is 10.8. The molecule has 0 radical (unpaired) electrons. The van der Waals surface area contributed by atoms with Crippen molar-refractivity contribution in [2.45, 2.75) is 25.3 Å². The molecule has 2 aliphatic rings. The molecule has 5 heteroatoms. The van der Waals surface area contributed by atoms with Gasteiger partial charge >= 0.3 is 5.97 Å². The zero-order valence-electron chi connectivity index (χ0n) is 8.61. The molecule has 0 aromatic rings. The van der Waals surface area contributed by atoms with Crippen molar-refractivity contribution in [3.8, 4) is 0 Å². The number of nitrogens with one attached hydrogen (secondary N) is 1. The van der Waals surface area contributed by atoms with E-state index in [1.165, 1.54) is 0 Å². The number of nitrogens with zero attached hydrogens (tertiary/aromatic N) is 1. The molecule has 1 amide bonds. The predicted molar refractivity (Wildman–Crippen MR) is 53.3 cm³/mol. The lowest BCUT2D eigenvalue weighted by molar-refractivity contribution is -0.145. The highest BCUT2D eigenvalue weighted by Gasteiger charge is 2.37. The summed E-state index contributed by atoms with van der Waals surface area (Å²) in [5.41, 5.74) is 0. The molecule has 0 bridgehead atoms. The van der Waals surface area contributed by atoms with E-state index in [9.17, 15) is 9.59 Å². The number of piperazine rings is 1. The Balaban J connectivity index is 2.06. The number of carboxylic acid groups (broad SMARTS) is 1. The molecular weight excluding hydrogens is 196 g/mol. The maximum Gasteiger partial charge on any atom is 0.303 e. The van der Waals surface area contributed by atoms with Crippen LogP contribution in [0, 0.1) is 5.92 Å². The first-order valence-electron chi connectivity index (χ1n) is 5.40. The van der Waals surface area contributed by atoms with Gasteiger partial charge in [0.1, 0.15) is 0 Å². The van der Waals surface area contributed by atoms with E-state index >= 15 is 0 Å². The van der Waals surface area contributed by atoms with E-state index in [1.54, 1.807) is 0 Å². The smallest absolute Gasteiger partial charge is 0.303 e. The Labute approximate surface area is 88.4 Å². The first kappa shape index (κ1) is 10.4. The Morgan fingerprint density at radius 2 is 2.40 bits per heavy atom. The average molecular weight is 212 g/mol. The molecule has 2 fully saturated rings. The van der Waals surface area contributed by atoms with Crippen LogP contribution in [0.15, 0.2) is 0 Å². The van der Waals surface area contributed by atoms with Crippen LogP contribution in [0.3, 0.4) is 0 Å². The first-order valence-corrected chi connectivity index (χ1v) is 5.40. The topological polar surface area (TPSA) is 69.6 Å². The van der Waals surface area contributed by atoms with E-state index in [1.807, 2.05) is 4.90 Å². The summed E-state index contributed by atoms with van der Waals surface area (Å²) in [6, 6.07) is 0.0936. The number of carboxylic acids is 1. The SMILES string of the molecule is O=C(O)CC1CCC(=O)N2CCNCC12. The van der Waals surface area contributed by atoms with Crippen LogP contribution >= 0.6 is 0 Å². The second kappa shape index (κ2) is 4.18. The van der Waals surface area contributed by atoms with Gasteiger partial charge in [0.15, 0.2) is 0 Å². The summed E-state index contributed by atoms with van der Waals surface area (Å²) in [7, 11) is 0. The molecule has 0 spiro atoms. The molecule has 2 saturated heterocycles. The van der Waals surface area contributed by atoms with Crippen LogP contribution in [0.2, 0.25) is 0 Å². The van der Waals surface area contributed by atoms with Crippen molar-refractivity contribution < 1.29 is 14.7 Å². The van der Waals surface area contributed by atoms with Crippen molar-refractivity contribution in [2.75, 3.05) is 19.6 Å². The second-order valence-electron chi connectivity index (χ2n) is 4.26. The van der Waals surface area contributed by atoms with Gasteiger partial charge in [0.2, 0.25) is 5.91 Å². The van der Waals surface area contributed by atoms with Crippen molar-refractivity contribution in [1.82, 2.24) is 10.2 Å². The largest absolute Gasteiger partial charge is 0.481 e. The molecule has 15 heavy (non-hydrogen) atoms. The maximum atomic E-state index is 11.6. The highest BCUT2D eigenvalue weighted by Crippen LogP contribution is 2.27. The summed E-state index contributed by atoms with van der Waals surface area (Å²) < 4.78 is 0. The van der Waals surface area contributed by atoms with Crippen LogP contribution < -0.4 is 5.32 Å². The van der Waals surface area contributed by atoms with Crippen molar-refractivity contribution in [3.05, 3.63) is 0 Å². The van der Waals surface area contributed by atoms with Crippen molar-refractivity contribution in [3.63, 3.8) is 0 Å². The Kier molecular flexibility index (Phi) is 2.90. The van der Waals surface area contributed by atoms with Crippen LogP contribution in [-0.2, 0) is 9.59 Å². The van der Waals surface area contributed by atoms with Crippen LogP contribution in [-0.4, -0.2) is 47.6 Å². The lowest BCUT2D eigenvalue weighted by atomic mass is 9.85. The van der Waals surface area contributed by atoms with Gasteiger partial charge in [-0.25, -0.2) is 0 Å². The fraction of sp³-hybridized carbons (Fsp3) is 0.800. The van der Waals surface area contributed by atoms with E-state index in [0.29, 0.717) is 12.8 Å². The Morgan fingerprint density at radius 3 is 3.13 bits per heavy atom. The Bertz CT molecular complexity index is 280. The van der Waals surface area contributed by atoms with Crippen molar-refractivity contribution in [1.29, 1.82) is 0 Å². The summed E-state index contributed by atoms with van der Waals surface area (Å²) >= 11 is 0. The summed E-state index contributed by atoms with van der Waals surface area (Å²) in [6.07, 6.45) is 1.40. The number of fused-ring (bicyclic) bond motifs is 1. The van der Waals surface area contributed by atoms with E-state index in [0.717, 1.165) is 19.6 Å². The van der Waals surface area contributed by atoms with Crippen molar-refractivity contribution >= 4 is 11.9 Å². The Morgan fingerprint density at radius 1 is 1.60 bits per heavy atom. The quantitative estimate of drug-likeness (QED) is 0.657. The van der Waals surface area contributed by atoms with E-state index in [-0.39, 0.29) is 24.3 Å². The highest BCUT2D eigenvalue weighted by molar-refractivity contribution is 5.78. The van der Waals surface area contributed by atoms with Crippen LogP contribution in [0.1, 0.15) is 19.3 Å². The predicted octanol–water partition coefficient (Wildman–Crippen LogP) is -0.328. The fourth-order valence-electron chi connectivity index (χ4n) is 2.56. The average Bonchev–Trinajstić information content (AvgIpc) is 2.22. The second-order valence-corrected chi connectivity index (χ2v) is 4.26. The van der Waals surface area contributed by atoms with Crippen LogP contribution in [0.25, 0.3) is 0 Å². The summed E-state index contributed by atoms with van der Waals surface area (Å²) in [4.78, 5) is 24.2. The van der Waals surface area contributed by atoms with Gasteiger partial charge in [-0.3, -0.25) is 9.59 Å². The molecule has 0 aromatic carbocycles. The molecule has 2 heterocycles. The minimum absolute atomic E-state index is 0.0936. The maximum absolute atomic E-state index is 11.6. The molecule has 84 valence electrons. The summed E-state index contributed by atoms with van der Waals surface area (Å²) in [5, 5.41) is 12.0. The third-order valence-corrected chi connectivity index (χ3v) is 3.31. The van der Waals surface area contributed by atoms with Gasteiger partial charge in [0.05, 0.1) is 6.42 Å². The van der Waals surface area contributed by atoms with Gasteiger partial charge in [0, 0.05) is 32.1 Å². The van der Waals surface area contributed by atoms with Gasteiger partial charge in [-0.15, -0.1) is 0 Å². The standard InChI is InChI=1S/C10H16N2O3/c13-9-2-1-7(5-10(14)15)8-6-11-3-4-12(8)9/h7-8,11H,1-6H2,(H,14,15). The number of aliphatic carboxylic acids is 1. The minimum atomic E-state index is -0.764. The van der Waals surface area contributed by atoms with Gasteiger partial charge in [-0.05, 0) is 12.3 Å². The lowest BCUT2D eigenvalue weighted by Gasteiger charge is -2.44. The number of hydrogen-bond acceptors (Lipinski definition) is 3. The third-order valence-electron chi connectivity index (χ3n) is 3.31. The molecule has 2 unspecified atom stereocenters. The minimum Gasteiger partial charge on any atom is -0.481 e. The normalized spacial score (nSPS) is 31.2. The molecule has 0 aliphatic carbocycles. The zero-order valence-corrected chi connectivity index (χ0v) is 8.61. The van der Waals surface area contributed by atoms with E-state index in [2.05, 4.69) is 5.32 Å². The summed E-state index contributed by atoms with van der Waals surface area (Å²) in [6.45, 7) is 2.28. The van der Waals surface area contributed by atoms with Crippen molar-refractivity contribution in [2.24, 2.45) is 5.92 Å². The van der Waals surface area contributed by atoms with Crippen LogP contribution in [0.5, 0.6) is 0 Å². The number of carbonyl (C=O) groups excluding carboxylic acids is 1. The fourth-order valence-corrected chi connectivity index (χ4v) is 2.56. The van der Waals surface area contributed by atoms with E-state index in [4.69, 9.17) is 5.11 Å². The molecule has 2 atom stereocenters. The Hall–Kier alpha value is -1.10. The number of piperidine rings is 1. The number of rotatable bonds is 2. The van der Waals surface area contributed by atoms with Gasteiger partial charge in [0.25, 0.3) is 0 Å². The van der Waals surface area contributed by atoms with Crippen LogP contribution in [0.4, 0.5) is 0 Å². The molecule has 2 rings (SSSR count). The molecule has 2 N–H and O–H groups in total. The number of amides is 1. The summed E-state index contributed by atoms with van der Waals surface area (Å²) in [5.74, 6) is -0.462. The lowest BCUT2D eigenvalue weighted by Crippen LogP contribution is -2.59. The molecule has 2 aliphatic heterocycles. The van der Waals surface area contributed by atoms with Gasteiger partial charge in [-0.2, -0.15) is 0 Å². The molecule has 0 saturated carbocycles. The van der Waals surface area contributed by atoms with Gasteiger partial charge in [-0.1, -0.05) is 0 Å². The van der Waals surface area contributed by atoms with Gasteiger partial charge < -0.3 is 15.3 Å². The number of carbonyl (C=O) groups is 2. The first-order chi connectivity index (χ1) is 7.18.